The molecule has 2 N–H and O–H groups in total. The van der Waals surface area contributed by atoms with E-state index in [1.54, 1.807) is 6.92 Å². The Morgan fingerprint density at radius 1 is 1.33 bits per heavy atom. The standard InChI is InChI=1S/C14H21NO2S/c1-10(12-6-4-3-5-7-12)13(9-18)8-15-11(2)14(16)17/h3-7,10-11,13,15,18H,8-9H2,1-2H3,(H,16,17)/t10-,11-,13-/m0/s1. The van der Waals surface area contributed by atoms with Crippen molar-refractivity contribution >= 4 is 18.6 Å². The summed E-state index contributed by atoms with van der Waals surface area (Å²) in [6.45, 7) is 4.47. The Morgan fingerprint density at radius 3 is 2.44 bits per heavy atom. The van der Waals surface area contributed by atoms with Crippen molar-refractivity contribution in [1.82, 2.24) is 5.32 Å². The average molecular weight is 267 g/mol. The Kier molecular flexibility index (Phi) is 6.22. The summed E-state index contributed by atoms with van der Waals surface area (Å²) >= 11 is 4.37. The molecular formula is C14H21NO2S. The Hall–Kier alpha value is -1.00. The number of nitrogens with one attached hydrogen (secondary N) is 1. The molecule has 1 rings (SSSR count). The van der Waals surface area contributed by atoms with E-state index >= 15 is 0 Å². The molecule has 3 nitrogen and oxygen atoms in total. The van der Waals surface area contributed by atoms with Gasteiger partial charge in [0.25, 0.3) is 0 Å². The minimum absolute atomic E-state index is 0.317. The zero-order valence-corrected chi connectivity index (χ0v) is 11.7. The van der Waals surface area contributed by atoms with Crippen LogP contribution in [0.1, 0.15) is 25.3 Å². The lowest BCUT2D eigenvalue weighted by atomic mass is 9.88. The second kappa shape index (κ2) is 7.44. The first-order valence-electron chi connectivity index (χ1n) is 6.18. The molecule has 18 heavy (non-hydrogen) atoms. The van der Waals surface area contributed by atoms with Crippen molar-refractivity contribution in [2.75, 3.05) is 12.3 Å². The molecular weight excluding hydrogens is 246 g/mol. The van der Waals surface area contributed by atoms with Gasteiger partial charge in [-0.1, -0.05) is 37.3 Å². The van der Waals surface area contributed by atoms with E-state index in [1.165, 1.54) is 5.56 Å². The first kappa shape index (κ1) is 15.1. The highest BCUT2D eigenvalue weighted by Crippen LogP contribution is 2.24. The first-order valence-corrected chi connectivity index (χ1v) is 6.81. The molecule has 0 spiro atoms. The Balaban J connectivity index is 2.58. The van der Waals surface area contributed by atoms with Crippen LogP contribution < -0.4 is 5.32 Å². The summed E-state index contributed by atoms with van der Waals surface area (Å²) < 4.78 is 0. The fraction of sp³-hybridized carbons (Fsp3) is 0.500. The number of carboxylic acids is 1. The summed E-state index contributed by atoms with van der Waals surface area (Å²) in [7, 11) is 0. The minimum Gasteiger partial charge on any atom is -0.480 e. The van der Waals surface area contributed by atoms with Gasteiger partial charge in [-0.2, -0.15) is 12.6 Å². The van der Waals surface area contributed by atoms with Crippen molar-refractivity contribution in [3.05, 3.63) is 35.9 Å². The Labute approximate surface area is 114 Å². The molecule has 0 heterocycles. The van der Waals surface area contributed by atoms with Crippen LogP contribution >= 0.6 is 12.6 Å². The van der Waals surface area contributed by atoms with Crippen molar-refractivity contribution in [2.45, 2.75) is 25.8 Å². The van der Waals surface area contributed by atoms with E-state index in [0.29, 0.717) is 18.4 Å². The van der Waals surface area contributed by atoms with E-state index in [4.69, 9.17) is 5.11 Å². The van der Waals surface area contributed by atoms with Crippen LogP contribution in [0.4, 0.5) is 0 Å². The molecule has 0 unspecified atom stereocenters. The van der Waals surface area contributed by atoms with Gasteiger partial charge in [0, 0.05) is 6.54 Å². The molecule has 0 aliphatic carbocycles. The summed E-state index contributed by atoms with van der Waals surface area (Å²) in [5.74, 6) is 0.588. The van der Waals surface area contributed by atoms with Gasteiger partial charge >= 0.3 is 5.97 Å². The maximum Gasteiger partial charge on any atom is 0.320 e. The summed E-state index contributed by atoms with van der Waals surface area (Å²) in [4.78, 5) is 10.8. The first-order chi connectivity index (χ1) is 8.56. The van der Waals surface area contributed by atoms with Gasteiger partial charge in [0.05, 0.1) is 0 Å². The number of hydrogen-bond donors (Lipinski definition) is 3. The zero-order valence-electron chi connectivity index (χ0n) is 10.8. The van der Waals surface area contributed by atoms with Crippen LogP contribution in [0.25, 0.3) is 0 Å². The van der Waals surface area contributed by atoms with Crippen LogP contribution in [0.15, 0.2) is 30.3 Å². The van der Waals surface area contributed by atoms with Gasteiger partial charge in [0.1, 0.15) is 6.04 Å². The van der Waals surface area contributed by atoms with Gasteiger partial charge in [0.15, 0.2) is 0 Å². The van der Waals surface area contributed by atoms with Crippen LogP contribution in [-0.4, -0.2) is 29.4 Å². The topological polar surface area (TPSA) is 49.3 Å². The minimum atomic E-state index is -0.819. The molecule has 0 aromatic heterocycles. The second-order valence-electron chi connectivity index (χ2n) is 4.61. The van der Waals surface area contributed by atoms with Gasteiger partial charge in [-0.15, -0.1) is 0 Å². The van der Waals surface area contributed by atoms with Crippen LogP contribution in [0.3, 0.4) is 0 Å². The molecule has 0 saturated carbocycles. The van der Waals surface area contributed by atoms with Gasteiger partial charge in [-0.25, -0.2) is 0 Å². The molecule has 1 aromatic carbocycles. The van der Waals surface area contributed by atoms with Crippen molar-refractivity contribution in [1.29, 1.82) is 0 Å². The van der Waals surface area contributed by atoms with Gasteiger partial charge < -0.3 is 10.4 Å². The lowest BCUT2D eigenvalue weighted by Gasteiger charge is -2.24. The second-order valence-corrected chi connectivity index (χ2v) is 4.98. The van der Waals surface area contributed by atoms with Crippen molar-refractivity contribution < 1.29 is 9.90 Å². The van der Waals surface area contributed by atoms with Gasteiger partial charge in [-0.3, -0.25) is 4.79 Å². The number of aliphatic carboxylic acids is 1. The van der Waals surface area contributed by atoms with Gasteiger partial charge in [0.2, 0.25) is 0 Å². The van der Waals surface area contributed by atoms with Crippen LogP contribution in [0.2, 0.25) is 0 Å². The van der Waals surface area contributed by atoms with E-state index in [0.717, 1.165) is 5.75 Å². The van der Waals surface area contributed by atoms with Crippen LogP contribution in [-0.2, 0) is 4.79 Å². The fourth-order valence-electron chi connectivity index (χ4n) is 1.84. The maximum atomic E-state index is 10.8. The highest BCUT2D eigenvalue weighted by molar-refractivity contribution is 7.80. The molecule has 0 bridgehead atoms. The van der Waals surface area contributed by atoms with Gasteiger partial charge in [-0.05, 0) is 30.1 Å². The average Bonchev–Trinajstić information content (AvgIpc) is 2.39. The lowest BCUT2D eigenvalue weighted by Crippen LogP contribution is -2.38. The molecule has 0 radical (unpaired) electrons. The molecule has 3 atom stereocenters. The highest BCUT2D eigenvalue weighted by Gasteiger charge is 2.19. The zero-order chi connectivity index (χ0) is 13.5. The SMILES string of the molecule is C[C@H](NC[C@@H](CS)[C@@H](C)c1ccccc1)C(=O)O. The fourth-order valence-corrected chi connectivity index (χ4v) is 2.29. The predicted molar refractivity (Wildman–Crippen MR) is 77.3 cm³/mol. The molecule has 0 amide bonds. The number of benzene rings is 1. The van der Waals surface area contributed by atoms with Crippen LogP contribution in [0, 0.1) is 5.92 Å². The van der Waals surface area contributed by atoms with Crippen LogP contribution in [0.5, 0.6) is 0 Å². The summed E-state index contributed by atoms with van der Waals surface area (Å²) in [6.07, 6.45) is 0. The van der Waals surface area contributed by atoms with E-state index in [-0.39, 0.29) is 0 Å². The highest BCUT2D eigenvalue weighted by atomic mass is 32.1. The quantitative estimate of drug-likeness (QED) is 0.665. The molecule has 1 aromatic rings. The number of hydrogen-bond acceptors (Lipinski definition) is 3. The molecule has 100 valence electrons. The third kappa shape index (κ3) is 4.35. The number of carboxylic acid groups (broad SMARTS) is 1. The molecule has 0 aliphatic heterocycles. The summed E-state index contributed by atoms with van der Waals surface area (Å²) in [5, 5.41) is 11.9. The largest absolute Gasteiger partial charge is 0.480 e. The third-order valence-corrected chi connectivity index (χ3v) is 3.79. The smallest absolute Gasteiger partial charge is 0.320 e. The normalized spacial score (nSPS) is 15.9. The van der Waals surface area contributed by atoms with Crippen molar-refractivity contribution in [2.24, 2.45) is 5.92 Å². The van der Waals surface area contributed by atoms with E-state index in [9.17, 15) is 4.79 Å². The maximum absolute atomic E-state index is 10.8. The molecule has 4 heteroatoms. The third-order valence-electron chi connectivity index (χ3n) is 3.32. The van der Waals surface area contributed by atoms with E-state index < -0.39 is 12.0 Å². The number of carbonyl (C=O) groups is 1. The predicted octanol–water partition coefficient (Wildman–Crippen LogP) is 2.40. The number of rotatable bonds is 7. The monoisotopic (exact) mass is 267 g/mol. The Morgan fingerprint density at radius 2 is 1.94 bits per heavy atom. The summed E-state index contributed by atoms with van der Waals surface area (Å²) in [6, 6.07) is 9.72. The molecule has 0 saturated heterocycles. The van der Waals surface area contributed by atoms with E-state index in [1.807, 2.05) is 18.2 Å². The van der Waals surface area contributed by atoms with Crippen molar-refractivity contribution in [3.63, 3.8) is 0 Å². The summed E-state index contributed by atoms with van der Waals surface area (Å²) in [5.41, 5.74) is 1.27. The lowest BCUT2D eigenvalue weighted by molar-refractivity contribution is -0.139. The molecule has 0 aliphatic rings. The number of thiol groups is 1. The molecule has 0 fully saturated rings. The Bertz CT molecular complexity index is 369. The van der Waals surface area contributed by atoms with E-state index in [2.05, 4.69) is 37.0 Å². The van der Waals surface area contributed by atoms with Crippen molar-refractivity contribution in [3.8, 4) is 0 Å².